The van der Waals surface area contributed by atoms with Crippen molar-refractivity contribution in [2.75, 3.05) is 18.5 Å². The summed E-state index contributed by atoms with van der Waals surface area (Å²) in [7, 11) is 1.66. The normalized spacial score (nSPS) is 20.6. The lowest BCUT2D eigenvalue weighted by Gasteiger charge is -2.18. The van der Waals surface area contributed by atoms with Crippen molar-refractivity contribution < 1.29 is 18.0 Å². The average Bonchev–Trinajstić information content (AvgIpc) is 2.69. The van der Waals surface area contributed by atoms with Gasteiger partial charge in [0.2, 0.25) is 5.91 Å². The Morgan fingerprint density at radius 2 is 2.11 bits per heavy atom. The number of nitrogens with one attached hydrogen (secondary N) is 1. The molecule has 1 amide bonds. The predicted octanol–water partition coefficient (Wildman–Crippen LogP) is 2.03. The molecule has 6 heteroatoms. The number of nitrogens with zero attached hydrogens (tertiary/aromatic N) is 1. The second-order valence-electron chi connectivity index (χ2n) is 4.17. The van der Waals surface area contributed by atoms with Crippen LogP contribution in [0.5, 0.6) is 0 Å². The molecule has 3 nitrogen and oxygen atoms in total. The lowest BCUT2D eigenvalue weighted by molar-refractivity contribution is -0.137. The zero-order valence-corrected chi connectivity index (χ0v) is 9.79. The largest absolute Gasteiger partial charge is 0.416 e. The highest BCUT2D eigenvalue weighted by Gasteiger charge is 2.34. The van der Waals surface area contributed by atoms with E-state index in [0.717, 1.165) is 12.1 Å². The van der Waals surface area contributed by atoms with E-state index in [1.54, 1.807) is 7.05 Å². The molecule has 1 unspecified atom stereocenters. The summed E-state index contributed by atoms with van der Waals surface area (Å²) in [6.07, 6.45) is -3.78. The van der Waals surface area contributed by atoms with E-state index in [1.807, 2.05) is 0 Å². The summed E-state index contributed by atoms with van der Waals surface area (Å²) >= 11 is 0. The van der Waals surface area contributed by atoms with Crippen molar-refractivity contribution in [3.63, 3.8) is 0 Å². The Bertz CT molecular complexity index is 459. The molecule has 1 aromatic carbocycles. The molecule has 1 N–H and O–H groups in total. The van der Waals surface area contributed by atoms with Crippen molar-refractivity contribution in [3.8, 4) is 0 Å². The van der Waals surface area contributed by atoms with Gasteiger partial charge >= 0.3 is 6.18 Å². The van der Waals surface area contributed by atoms with E-state index in [9.17, 15) is 18.0 Å². The summed E-state index contributed by atoms with van der Waals surface area (Å²) in [5.41, 5.74) is -0.437. The van der Waals surface area contributed by atoms with Gasteiger partial charge in [-0.15, -0.1) is 0 Å². The van der Waals surface area contributed by atoms with Crippen molar-refractivity contribution in [1.82, 2.24) is 5.32 Å². The fourth-order valence-electron chi connectivity index (χ4n) is 2.05. The third-order valence-corrected chi connectivity index (χ3v) is 3.04. The number of hydrogen-bond acceptors (Lipinski definition) is 2. The first kappa shape index (κ1) is 12.9. The summed E-state index contributed by atoms with van der Waals surface area (Å²) in [5.74, 6) is -0.183. The van der Waals surface area contributed by atoms with Crippen LogP contribution in [0.4, 0.5) is 18.9 Å². The van der Waals surface area contributed by atoms with Crippen molar-refractivity contribution in [2.45, 2.75) is 18.6 Å². The van der Waals surface area contributed by atoms with Crippen LogP contribution in [0.15, 0.2) is 24.3 Å². The van der Waals surface area contributed by atoms with Gasteiger partial charge in [-0.05, 0) is 31.7 Å². The number of benzene rings is 1. The van der Waals surface area contributed by atoms with Crippen LogP contribution in [0.3, 0.4) is 0 Å². The smallest absolute Gasteiger partial charge is 0.311 e. The lowest BCUT2D eigenvalue weighted by atomic mass is 10.2. The number of hydrogen-bond donors (Lipinski definition) is 1. The van der Waals surface area contributed by atoms with E-state index in [-0.39, 0.29) is 11.9 Å². The minimum Gasteiger partial charge on any atom is -0.311 e. The summed E-state index contributed by atoms with van der Waals surface area (Å²) in [4.78, 5) is 13.3. The van der Waals surface area contributed by atoms with Gasteiger partial charge in [0.1, 0.15) is 0 Å². The van der Waals surface area contributed by atoms with Gasteiger partial charge in [-0.3, -0.25) is 4.79 Å². The molecule has 1 aromatic rings. The molecular weight excluding hydrogens is 245 g/mol. The minimum absolute atomic E-state index is 0.183. The Labute approximate surface area is 103 Å². The van der Waals surface area contributed by atoms with E-state index in [4.69, 9.17) is 0 Å². The first-order valence-electron chi connectivity index (χ1n) is 5.59. The van der Waals surface area contributed by atoms with Crippen LogP contribution in [-0.4, -0.2) is 25.5 Å². The van der Waals surface area contributed by atoms with E-state index >= 15 is 0 Å². The van der Waals surface area contributed by atoms with Gasteiger partial charge in [-0.1, -0.05) is 6.07 Å². The number of rotatable bonds is 2. The fourth-order valence-corrected chi connectivity index (χ4v) is 2.05. The van der Waals surface area contributed by atoms with Crippen molar-refractivity contribution in [2.24, 2.45) is 0 Å². The lowest BCUT2D eigenvalue weighted by Crippen LogP contribution is -2.36. The molecule has 0 aliphatic carbocycles. The van der Waals surface area contributed by atoms with E-state index in [2.05, 4.69) is 5.32 Å². The maximum atomic E-state index is 12.6. The number of alkyl halides is 3. The summed E-state index contributed by atoms with van der Waals surface area (Å²) in [6.45, 7) is 0.436. The van der Waals surface area contributed by atoms with Gasteiger partial charge in [0.25, 0.3) is 0 Å². The van der Waals surface area contributed by atoms with Crippen molar-refractivity contribution >= 4 is 11.6 Å². The second-order valence-corrected chi connectivity index (χ2v) is 4.17. The number of likely N-dealkylation sites (N-methyl/N-ethyl adjacent to an activating group) is 1. The van der Waals surface area contributed by atoms with Crippen LogP contribution >= 0.6 is 0 Å². The molecule has 2 rings (SSSR count). The van der Waals surface area contributed by atoms with Crippen LogP contribution in [-0.2, 0) is 11.0 Å². The molecule has 0 saturated carbocycles. The van der Waals surface area contributed by atoms with Gasteiger partial charge < -0.3 is 10.2 Å². The Balaban J connectivity index is 2.27. The summed E-state index contributed by atoms with van der Waals surface area (Å²) in [5, 5.41) is 2.84. The third kappa shape index (κ3) is 2.33. The molecule has 98 valence electrons. The van der Waals surface area contributed by atoms with Crippen molar-refractivity contribution in [1.29, 1.82) is 0 Å². The highest BCUT2D eigenvalue weighted by atomic mass is 19.4. The Hall–Kier alpha value is -1.56. The first-order chi connectivity index (χ1) is 8.43. The molecule has 0 aromatic heterocycles. The van der Waals surface area contributed by atoms with Gasteiger partial charge in [0, 0.05) is 12.2 Å². The molecule has 0 spiro atoms. The van der Waals surface area contributed by atoms with Gasteiger partial charge in [-0.2, -0.15) is 13.2 Å². The Morgan fingerprint density at radius 1 is 1.39 bits per heavy atom. The van der Waals surface area contributed by atoms with Gasteiger partial charge in [0.15, 0.2) is 0 Å². The number of anilines is 1. The molecule has 1 atom stereocenters. The number of amides is 1. The standard InChI is InChI=1S/C12H13F3N2O/c1-16-10-5-6-17(11(10)18)9-4-2-3-8(7-9)12(13,14)15/h2-4,7,10,16H,5-6H2,1H3. The molecule has 18 heavy (non-hydrogen) atoms. The topological polar surface area (TPSA) is 32.3 Å². The molecule has 1 aliphatic heterocycles. The zero-order valence-electron chi connectivity index (χ0n) is 9.79. The zero-order chi connectivity index (χ0) is 13.3. The minimum atomic E-state index is -4.39. The fraction of sp³-hybridized carbons (Fsp3) is 0.417. The SMILES string of the molecule is CNC1CCN(c2cccc(C(F)(F)F)c2)C1=O. The summed E-state index contributed by atoms with van der Waals surface area (Å²) in [6, 6.07) is 4.54. The Kier molecular flexibility index (Phi) is 3.30. The molecule has 1 heterocycles. The number of carbonyl (C=O) groups is 1. The monoisotopic (exact) mass is 258 g/mol. The second kappa shape index (κ2) is 4.61. The molecule has 1 saturated heterocycles. The van der Waals surface area contributed by atoms with Crippen LogP contribution < -0.4 is 10.2 Å². The molecule has 0 radical (unpaired) electrons. The van der Waals surface area contributed by atoms with Gasteiger partial charge in [-0.25, -0.2) is 0 Å². The molecule has 0 bridgehead atoms. The highest BCUT2D eigenvalue weighted by Crippen LogP contribution is 2.32. The highest BCUT2D eigenvalue weighted by molar-refractivity contribution is 5.99. The van der Waals surface area contributed by atoms with E-state index in [0.29, 0.717) is 18.7 Å². The molecule has 1 fully saturated rings. The first-order valence-corrected chi connectivity index (χ1v) is 5.59. The number of halogens is 3. The maximum absolute atomic E-state index is 12.6. The van der Waals surface area contributed by atoms with Gasteiger partial charge in [0.05, 0.1) is 11.6 Å². The number of carbonyl (C=O) groups excluding carboxylic acids is 1. The Morgan fingerprint density at radius 3 is 2.67 bits per heavy atom. The van der Waals surface area contributed by atoms with E-state index in [1.165, 1.54) is 17.0 Å². The molecular formula is C12H13F3N2O. The average molecular weight is 258 g/mol. The van der Waals surface area contributed by atoms with Crippen LogP contribution in [0, 0.1) is 0 Å². The molecule has 1 aliphatic rings. The third-order valence-electron chi connectivity index (χ3n) is 3.04. The maximum Gasteiger partial charge on any atom is 0.416 e. The van der Waals surface area contributed by atoms with Crippen LogP contribution in [0.25, 0.3) is 0 Å². The van der Waals surface area contributed by atoms with Crippen LogP contribution in [0.1, 0.15) is 12.0 Å². The van der Waals surface area contributed by atoms with Crippen molar-refractivity contribution in [3.05, 3.63) is 29.8 Å². The van der Waals surface area contributed by atoms with Crippen LogP contribution in [0.2, 0.25) is 0 Å². The predicted molar refractivity (Wildman–Crippen MR) is 61.3 cm³/mol. The summed E-state index contributed by atoms with van der Waals surface area (Å²) < 4.78 is 37.7. The quantitative estimate of drug-likeness (QED) is 0.880. The van der Waals surface area contributed by atoms with E-state index < -0.39 is 11.7 Å².